The highest BCUT2D eigenvalue weighted by molar-refractivity contribution is 9.10. The molecular weight excluding hydrogens is 330 g/mol. The number of aromatic nitrogens is 4. The largest absolute Gasteiger partial charge is 0.313 e. The van der Waals surface area contributed by atoms with Crippen LogP contribution in [-0.4, -0.2) is 26.3 Å². The number of hydrogen-bond donors (Lipinski definition) is 1. The highest BCUT2D eigenvalue weighted by Crippen LogP contribution is 2.18. The SMILES string of the molecule is CCCNCc1cc(Br)cnc1-n1nc(CC)nc1CC. The van der Waals surface area contributed by atoms with Crippen molar-refractivity contribution in [2.45, 2.75) is 46.6 Å². The molecule has 2 aromatic rings. The van der Waals surface area contributed by atoms with E-state index < -0.39 is 0 Å². The number of pyridine rings is 1. The topological polar surface area (TPSA) is 55.6 Å². The van der Waals surface area contributed by atoms with Crippen molar-refractivity contribution >= 4 is 15.9 Å². The lowest BCUT2D eigenvalue weighted by molar-refractivity contribution is 0.662. The van der Waals surface area contributed by atoms with Gasteiger partial charge in [0.15, 0.2) is 11.6 Å². The van der Waals surface area contributed by atoms with E-state index in [9.17, 15) is 0 Å². The summed E-state index contributed by atoms with van der Waals surface area (Å²) in [7, 11) is 0. The van der Waals surface area contributed by atoms with Crippen LogP contribution in [0, 0.1) is 0 Å². The lowest BCUT2D eigenvalue weighted by atomic mass is 10.2. The molecule has 0 radical (unpaired) electrons. The molecule has 114 valence electrons. The first-order valence-electron chi connectivity index (χ1n) is 7.49. The summed E-state index contributed by atoms with van der Waals surface area (Å²) in [6, 6.07) is 2.09. The van der Waals surface area contributed by atoms with Crippen molar-refractivity contribution in [3.05, 3.63) is 33.9 Å². The first kappa shape index (κ1) is 16.1. The van der Waals surface area contributed by atoms with Gasteiger partial charge in [-0.25, -0.2) is 9.97 Å². The lowest BCUT2D eigenvalue weighted by Crippen LogP contribution is -2.17. The number of aryl methyl sites for hydroxylation is 2. The Balaban J connectivity index is 2.40. The standard InChI is InChI=1S/C15H22BrN5/c1-4-7-17-9-11-8-12(16)10-18-15(11)21-14(6-3)19-13(5-2)20-21/h8,10,17H,4-7,9H2,1-3H3. The molecule has 0 aromatic carbocycles. The van der Waals surface area contributed by atoms with Gasteiger partial charge in [0, 0.05) is 35.6 Å². The molecule has 2 heterocycles. The summed E-state index contributed by atoms with van der Waals surface area (Å²) < 4.78 is 2.86. The fourth-order valence-corrected chi connectivity index (χ4v) is 2.51. The molecule has 0 bridgehead atoms. The summed E-state index contributed by atoms with van der Waals surface area (Å²) in [5.41, 5.74) is 1.13. The van der Waals surface area contributed by atoms with Gasteiger partial charge in [0.25, 0.3) is 0 Å². The van der Waals surface area contributed by atoms with Crippen molar-refractivity contribution in [3.63, 3.8) is 0 Å². The molecule has 0 amide bonds. The van der Waals surface area contributed by atoms with Crippen LogP contribution in [0.25, 0.3) is 5.82 Å². The van der Waals surface area contributed by atoms with Crippen molar-refractivity contribution in [3.8, 4) is 5.82 Å². The Morgan fingerprint density at radius 2 is 2.05 bits per heavy atom. The van der Waals surface area contributed by atoms with Crippen LogP contribution < -0.4 is 5.32 Å². The third-order valence-electron chi connectivity index (χ3n) is 3.20. The van der Waals surface area contributed by atoms with Gasteiger partial charge in [-0.1, -0.05) is 20.8 Å². The maximum absolute atomic E-state index is 4.59. The molecule has 0 fully saturated rings. The van der Waals surface area contributed by atoms with E-state index in [2.05, 4.69) is 63.2 Å². The Morgan fingerprint density at radius 3 is 2.71 bits per heavy atom. The Hall–Kier alpha value is -1.27. The molecule has 0 aliphatic carbocycles. The second-order valence-corrected chi connectivity index (χ2v) is 5.79. The zero-order valence-corrected chi connectivity index (χ0v) is 14.4. The van der Waals surface area contributed by atoms with Crippen molar-refractivity contribution in [1.82, 2.24) is 25.1 Å². The summed E-state index contributed by atoms with van der Waals surface area (Å²) in [6.45, 7) is 8.09. The molecule has 21 heavy (non-hydrogen) atoms. The molecule has 0 unspecified atom stereocenters. The van der Waals surface area contributed by atoms with E-state index in [4.69, 9.17) is 0 Å². The molecule has 1 N–H and O–H groups in total. The minimum atomic E-state index is 0.778. The third kappa shape index (κ3) is 3.89. The quantitative estimate of drug-likeness (QED) is 0.779. The van der Waals surface area contributed by atoms with Crippen molar-refractivity contribution < 1.29 is 0 Å². The van der Waals surface area contributed by atoms with Gasteiger partial charge in [0.05, 0.1) is 0 Å². The van der Waals surface area contributed by atoms with Crippen LogP contribution in [0.2, 0.25) is 0 Å². The van der Waals surface area contributed by atoms with E-state index in [0.717, 1.165) is 59.9 Å². The van der Waals surface area contributed by atoms with Gasteiger partial charge < -0.3 is 5.32 Å². The number of nitrogens with one attached hydrogen (secondary N) is 1. The fourth-order valence-electron chi connectivity index (χ4n) is 2.13. The number of hydrogen-bond acceptors (Lipinski definition) is 4. The minimum absolute atomic E-state index is 0.778. The summed E-state index contributed by atoms with van der Waals surface area (Å²) in [6.07, 6.45) is 4.60. The second-order valence-electron chi connectivity index (χ2n) is 4.88. The van der Waals surface area contributed by atoms with Gasteiger partial charge in [-0.05, 0) is 35.0 Å². The van der Waals surface area contributed by atoms with Gasteiger partial charge in [-0.3, -0.25) is 0 Å². The molecule has 0 saturated heterocycles. The maximum Gasteiger partial charge on any atom is 0.160 e. The molecule has 6 heteroatoms. The molecule has 0 saturated carbocycles. The van der Waals surface area contributed by atoms with E-state index >= 15 is 0 Å². The van der Waals surface area contributed by atoms with E-state index in [1.807, 2.05) is 10.9 Å². The van der Waals surface area contributed by atoms with E-state index in [0.29, 0.717) is 0 Å². The predicted molar refractivity (Wildman–Crippen MR) is 87.6 cm³/mol. The summed E-state index contributed by atoms with van der Waals surface area (Å²) in [5, 5.41) is 8.01. The fraction of sp³-hybridized carbons (Fsp3) is 0.533. The Labute approximate surface area is 134 Å². The predicted octanol–water partition coefficient (Wildman–Crippen LogP) is 3.05. The molecule has 0 atom stereocenters. The average molecular weight is 352 g/mol. The van der Waals surface area contributed by atoms with Gasteiger partial charge in [-0.15, -0.1) is 5.10 Å². The molecule has 2 aromatic heterocycles. The van der Waals surface area contributed by atoms with Crippen molar-refractivity contribution in [1.29, 1.82) is 0 Å². The minimum Gasteiger partial charge on any atom is -0.313 e. The Morgan fingerprint density at radius 1 is 1.24 bits per heavy atom. The van der Waals surface area contributed by atoms with Gasteiger partial charge in [0.2, 0.25) is 0 Å². The molecule has 0 spiro atoms. The van der Waals surface area contributed by atoms with Crippen LogP contribution in [-0.2, 0) is 19.4 Å². The Kier molecular flexibility index (Phi) is 5.87. The van der Waals surface area contributed by atoms with Crippen LogP contribution in [0.3, 0.4) is 0 Å². The van der Waals surface area contributed by atoms with E-state index in [1.165, 1.54) is 0 Å². The Bertz CT molecular complexity index is 594. The van der Waals surface area contributed by atoms with Crippen LogP contribution >= 0.6 is 15.9 Å². The highest BCUT2D eigenvalue weighted by atomic mass is 79.9. The van der Waals surface area contributed by atoms with Gasteiger partial charge >= 0.3 is 0 Å². The van der Waals surface area contributed by atoms with Crippen molar-refractivity contribution in [2.24, 2.45) is 0 Å². The van der Waals surface area contributed by atoms with Crippen molar-refractivity contribution in [2.75, 3.05) is 6.54 Å². The second kappa shape index (κ2) is 7.66. The van der Waals surface area contributed by atoms with Crippen LogP contribution in [0.5, 0.6) is 0 Å². The number of nitrogens with zero attached hydrogens (tertiary/aromatic N) is 4. The van der Waals surface area contributed by atoms with Gasteiger partial charge in [-0.2, -0.15) is 4.68 Å². The zero-order valence-electron chi connectivity index (χ0n) is 12.9. The third-order valence-corrected chi connectivity index (χ3v) is 3.64. The van der Waals surface area contributed by atoms with Crippen LogP contribution in [0.4, 0.5) is 0 Å². The van der Waals surface area contributed by atoms with Crippen LogP contribution in [0.15, 0.2) is 16.7 Å². The monoisotopic (exact) mass is 351 g/mol. The normalized spacial score (nSPS) is 11.0. The lowest BCUT2D eigenvalue weighted by Gasteiger charge is -2.11. The first-order valence-corrected chi connectivity index (χ1v) is 8.29. The summed E-state index contributed by atoms with van der Waals surface area (Å²) in [4.78, 5) is 9.12. The first-order chi connectivity index (χ1) is 10.2. The highest BCUT2D eigenvalue weighted by Gasteiger charge is 2.14. The smallest absolute Gasteiger partial charge is 0.160 e. The average Bonchev–Trinajstić information content (AvgIpc) is 2.91. The van der Waals surface area contributed by atoms with Gasteiger partial charge in [0.1, 0.15) is 5.82 Å². The molecular formula is C15H22BrN5. The molecule has 0 aliphatic rings. The molecule has 5 nitrogen and oxygen atoms in total. The summed E-state index contributed by atoms with van der Waals surface area (Å²) >= 11 is 3.50. The zero-order chi connectivity index (χ0) is 15.2. The summed E-state index contributed by atoms with van der Waals surface area (Å²) in [5.74, 6) is 2.69. The molecule has 2 rings (SSSR count). The molecule has 0 aliphatic heterocycles. The number of halogens is 1. The van der Waals surface area contributed by atoms with Crippen LogP contribution in [0.1, 0.15) is 44.4 Å². The maximum atomic E-state index is 4.59. The number of rotatable bonds is 7. The van der Waals surface area contributed by atoms with E-state index in [-0.39, 0.29) is 0 Å². The van der Waals surface area contributed by atoms with E-state index in [1.54, 1.807) is 0 Å².